The van der Waals surface area contributed by atoms with Crippen LogP contribution in [-0.2, 0) is 22.4 Å². The zero-order valence-corrected chi connectivity index (χ0v) is 19.2. The van der Waals surface area contributed by atoms with Gasteiger partial charge in [-0.2, -0.15) is 0 Å². The van der Waals surface area contributed by atoms with Crippen LogP contribution < -0.4 is 10.5 Å². The molecule has 0 bridgehead atoms. The predicted molar refractivity (Wildman–Crippen MR) is 130 cm³/mol. The van der Waals surface area contributed by atoms with Gasteiger partial charge in [-0.3, -0.25) is 9.59 Å². The van der Waals surface area contributed by atoms with Crippen LogP contribution in [0.15, 0.2) is 72.8 Å². The third kappa shape index (κ3) is 4.77. The van der Waals surface area contributed by atoms with Gasteiger partial charge in [0.15, 0.2) is 0 Å². The van der Waals surface area contributed by atoms with Crippen LogP contribution in [-0.4, -0.2) is 36.9 Å². The fourth-order valence-corrected chi connectivity index (χ4v) is 4.77. The highest BCUT2D eigenvalue weighted by molar-refractivity contribution is 5.86. The number of nitrogens with zero attached hydrogens (tertiary/aromatic N) is 1. The summed E-state index contributed by atoms with van der Waals surface area (Å²) in [4.78, 5) is 27.6. The van der Waals surface area contributed by atoms with E-state index >= 15 is 0 Å². The lowest BCUT2D eigenvalue weighted by atomic mass is 9.78. The first-order chi connectivity index (χ1) is 15.9. The van der Waals surface area contributed by atoms with Gasteiger partial charge in [-0.15, -0.1) is 0 Å². The third-order valence-electron chi connectivity index (χ3n) is 6.64. The van der Waals surface area contributed by atoms with E-state index in [1.165, 1.54) is 5.56 Å². The summed E-state index contributed by atoms with van der Waals surface area (Å²) in [5.41, 5.74) is 10.5. The highest BCUT2D eigenvalue weighted by Gasteiger charge is 2.45. The van der Waals surface area contributed by atoms with E-state index in [4.69, 9.17) is 10.5 Å². The normalized spacial score (nSPS) is 17.7. The first kappa shape index (κ1) is 22.6. The molecule has 3 aromatic carbocycles. The summed E-state index contributed by atoms with van der Waals surface area (Å²) >= 11 is 0. The van der Waals surface area contributed by atoms with Crippen molar-refractivity contribution < 1.29 is 14.3 Å². The quantitative estimate of drug-likeness (QED) is 0.597. The van der Waals surface area contributed by atoms with Crippen LogP contribution in [0.1, 0.15) is 23.1 Å². The number of nitrogens with two attached hydrogens (primary N) is 1. The van der Waals surface area contributed by atoms with Crippen LogP contribution in [0, 0.1) is 12.3 Å². The minimum atomic E-state index is -0.781. The maximum Gasteiger partial charge on any atom is 0.227 e. The summed E-state index contributed by atoms with van der Waals surface area (Å²) in [5, 5.41) is 0. The number of carbonyl (C=O) groups excluding carboxylic acids is 2. The lowest BCUT2D eigenvalue weighted by Gasteiger charge is -2.27. The van der Waals surface area contributed by atoms with Gasteiger partial charge >= 0.3 is 0 Å². The van der Waals surface area contributed by atoms with E-state index in [0.29, 0.717) is 31.7 Å². The monoisotopic (exact) mass is 442 g/mol. The van der Waals surface area contributed by atoms with Crippen LogP contribution in [0.25, 0.3) is 11.1 Å². The van der Waals surface area contributed by atoms with Crippen LogP contribution in [0.3, 0.4) is 0 Å². The van der Waals surface area contributed by atoms with E-state index in [1.54, 1.807) is 12.0 Å². The molecule has 0 unspecified atom stereocenters. The van der Waals surface area contributed by atoms with Crippen LogP contribution in [0.5, 0.6) is 5.75 Å². The molecule has 1 heterocycles. The summed E-state index contributed by atoms with van der Waals surface area (Å²) in [7, 11) is 1.60. The fourth-order valence-electron chi connectivity index (χ4n) is 4.77. The smallest absolute Gasteiger partial charge is 0.227 e. The molecule has 1 saturated heterocycles. The van der Waals surface area contributed by atoms with Gasteiger partial charge in [0, 0.05) is 18.7 Å². The summed E-state index contributed by atoms with van der Waals surface area (Å²) < 4.78 is 5.39. The van der Waals surface area contributed by atoms with E-state index in [9.17, 15) is 9.59 Å². The minimum absolute atomic E-state index is 0.0189. The number of primary amides is 1. The molecule has 5 nitrogen and oxygen atoms in total. The molecule has 0 aliphatic carbocycles. The van der Waals surface area contributed by atoms with E-state index in [0.717, 1.165) is 22.3 Å². The Labute approximate surface area is 195 Å². The molecule has 1 atom stereocenters. The van der Waals surface area contributed by atoms with E-state index in [-0.39, 0.29) is 18.2 Å². The Morgan fingerprint density at radius 3 is 2.45 bits per heavy atom. The molecule has 0 spiro atoms. The second-order valence-corrected chi connectivity index (χ2v) is 8.90. The Morgan fingerprint density at radius 1 is 1.00 bits per heavy atom. The number of aryl methyl sites for hydroxylation is 1. The molecule has 1 fully saturated rings. The van der Waals surface area contributed by atoms with Gasteiger partial charge in [-0.1, -0.05) is 72.3 Å². The van der Waals surface area contributed by atoms with E-state index < -0.39 is 5.41 Å². The molecule has 33 heavy (non-hydrogen) atoms. The standard InChI is InChI=1S/C28H30N2O3/c1-20-8-7-11-21(16-20)24-12-5-3-10-23(24)18-28(27(29)32)14-15-30(19-28)26(31)17-22-9-4-6-13-25(22)33-2/h3-13,16H,14-15,17-19H2,1-2H3,(H2,29,32)/t28-/m0/s1. The molecule has 5 heteroatoms. The van der Waals surface area contributed by atoms with Crippen molar-refractivity contribution in [2.45, 2.75) is 26.2 Å². The van der Waals surface area contributed by atoms with Crippen molar-refractivity contribution >= 4 is 11.8 Å². The number of para-hydroxylation sites is 1. The van der Waals surface area contributed by atoms with Crippen molar-refractivity contribution in [1.29, 1.82) is 0 Å². The molecule has 0 aromatic heterocycles. The summed E-state index contributed by atoms with van der Waals surface area (Å²) in [6, 6.07) is 24.0. The van der Waals surface area contributed by atoms with Crippen molar-refractivity contribution in [2.75, 3.05) is 20.2 Å². The fraction of sp³-hybridized carbons (Fsp3) is 0.286. The summed E-state index contributed by atoms with van der Waals surface area (Å²) in [6.07, 6.45) is 1.30. The molecule has 170 valence electrons. The predicted octanol–water partition coefficient (Wildman–Crippen LogP) is 4.16. The van der Waals surface area contributed by atoms with Gasteiger partial charge in [-0.25, -0.2) is 0 Å². The first-order valence-electron chi connectivity index (χ1n) is 11.3. The Morgan fingerprint density at radius 2 is 1.73 bits per heavy atom. The molecule has 1 aliphatic heterocycles. The number of carbonyl (C=O) groups is 2. The Kier molecular flexibility index (Phi) is 6.50. The number of methoxy groups -OCH3 is 1. The number of rotatable bonds is 7. The summed E-state index contributed by atoms with van der Waals surface area (Å²) in [6.45, 7) is 2.92. The average Bonchev–Trinajstić information content (AvgIpc) is 3.25. The lowest BCUT2D eigenvalue weighted by Crippen LogP contribution is -2.43. The van der Waals surface area contributed by atoms with Gasteiger partial charge in [0.05, 0.1) is 18.9 Å². The molecule has 0 radical (unpaired) electrons. The van der Waals surface area contributed by atoms with Crippen molar-refractivity contribution in [3.05, 3.63) is 89.5 Å². The van der Waals surface area contributed by atoms with Crippen molar-refractivity contribution in [3.8, 4) is 16.9 Å². The topological polar surface area (TPSA) is 72.6 Å². The number of amides is 2. The Bertz CT molecular complexity index is 1170. The second kappa shape index (κ2) is 9.49. The molecule has 1 aliphatic rings. The number of likely N-dealkylation sites (tertiary alicyclic amines) is 1. The van der Waals surface area contributed by atoms with E-state index in [1.807, 2.05) is 42.5 Å². The lowest BCUT2D eigenvalue weighted by molar-refractivity contribution is -0.131. The molecule has 4 rings (SSSR count). The van der Waals surface area contributed by atoms with Crippen LogP contribution in [0.2, 0.25) is 0 Å². The Balaban J connectivity index is 1.56. The molecule has 3 aromatic rings. The highest BCUT2D eigenvalue weighted by Crippen LogP contribution is 2.37. The molecule has 0 saturated carbocycles. The zero-order chi connectivity index (χ0) is 23.4. The maximum absolute atomic E-state index is 13.1. The zero-order valence-electron chi connectivity index (χ0n) is 19.2. The second-order valence-electron chi connectivity index (χ2n) is 8.90. The van der Waals surface area contributed by atoms with Gasteiger partial charge in [-0.05, 0) is 42.5 Å². The molecule has 2 N–H and O–H groups in total. The number of ether oxygens (including phenoxy) is 1. The highest BCUT2D eigenvalue weighted by atomic mass is 16.5. The molecular formula is C28H30N2O3. The van der Waals surface area contributed by atoms with Gasteiger partial charge in [0.25, 0.3) is 0 Å². The molecule has 2 amide bonds. The van der Waals surface area contributed by atoms with Crippen LogP contribution >= 0.6 is 0 Å². The van der Waals surface area contributed by atoms with Crippen LogP contribution in [0.4, 0.5) is 0 Å². The number of hydrogen-bond donors (Lipinski definition) is 1. The van der Waals surface area contributed by atoms with Crippen molar-refractivity contribution in [3.63, 3.8) is 0 Å². The largest absolute Gasteiger partial charge is 0.496 e. The van der Waals surface area contributed by atoms with Crippen molar-refractivity contribution in [1.82, 2.24) is 4.90 Å². The van der Waals surface area contributed by atoms with E-state index in [2.05, 4.69) is 37.3 Å². The van der Waals surface area contributed by atoms with Gasteiger partial charge < -0.3 is 15.4 Å². The third-order valence-corrected chi connectivity index (χ3v) is 6.64. The SMILES string of the molecule is COc1ccccc1CC(=O)N1CC[C@@](Cc2ccccc2-c2cccc(C)c2)(C(N)=O)C1. The van der Waals surface area contributed by atoms with Crippen molar-refractivity contribution in [2.24, 2.45) is 11.1 Å². The maximum atomic E-state index is 13.1. The average molecular weight is 443 g/mol. The molecular weight excluding hydrogens is 412 g/mol. The first-order valence-corrected chi connectivity index (χ1v) is 11.3. The number of hydrogen-bond acceptors (Lipinski definition) is 3. The Hall–Kier alpha value is -3.60. The van der Waals surface area contributed by atoms with Gasteiger partial charge in [0.2, 0.25) is 11.8 Å². The number of benzene rings is 3. The summed E-state index contributed by atoms with van der Waals surface area (Å²) in [5.74, 6) is 0.321. The minimum Gasteiger partial charge on any atom is -0.496 e. The van der Waals surface area contributed by atoms with Gasteiger partial charge in [0.1, 0.15) is 5.75 Å².